The molecule has 1 heterocycles. The molecule has 60 valence electrons. The summed E-state index contributed by atoms with van der Waals surface area (Å²) in [4.78, 5) is 8.14. The molecule has 0 amide bonds. The summed E-state index contributed by atoms with van der Waals surface area (Å²) in [6.45, 7) is 1.84. The third-order valence-corrected chi connectivity index (χ3v) is 1.56. The monoisotopic (exact) mass is 172 g/mol. The van der Waals surface area contributed by atoms with Crippen molar-refractivity contribution >= 4 is 11.6 Å². The number of hydrogen-bond donors (Lipinski definition) is 0. The minimum Gasteiger partial charge on any atom is -0.480 e. The van der Waals surface area contributed by atoms with Gasteiger partial charge in [0, 0.05) is 0 Å². The van der Waals surface area contributed by atoms with E-state index < -0.39 is 0 Å². The molecule has 0 aliphatic rings. The molecule has 1 aromatic rings. The van der Waals surface area contributed by atoms with E-state index in [1.54, 1.807) is 13.3 Å². The zero-order valence-electron chi connectivity index (χ0n) is 6.47. The molecule has 0 aliphatic carbocycles. The predicted molar refractivity (Wildman–Crippen MR) is 42.9 cm³/mol. The Hall–Kier alpha value is -0.830. The minimum absolute atomic E-state index is 0.387. The molecule has 0 saturated heterocycles. The predicted octanol–water partition coefficient (Wildman–Crippen LogP) is 1.53. The normalized spacial score (nSPS) is 9.73. The number of hydrogen-bond acceptors (Lipinski definition) is 3. The van der Waals surface area contributed by atoms with E-state index in [2.05, 4.69) is 9.97 Å². The van der Waals surface area contributed by atoms with Gasteiger partial charge in [0.05, 0.1) is 30.6 Å². The van der Waals surface area contributed by atoms with Gasteiger partial charge in [-0.3, -0.25) is 0 Å². The van der Waals surface area contributed by atoms with Crippen molar-refractivity contribution in [2.45, 2.75) is 12.8 Å². The Bertz CT molecular complexity index is 252. The molecular weight excluding hydrogens is 164 g/mol. The molecule has 11 heavy (non-hydrogen) atoms. The van der Waals surface area contributed by atoms with E-state index in [1.807, 2.05) is 6.92 Å². The van der Waals surface area contributed by atoms with Gasteiger partial charge in [0.1, 0.15) is 0 Å². The fourth-order valence-corrected chi connectivity index (χ4v) is 0.912. The van der Waals surface area contributed by atoms with E-state index >= 15 is 0 Å². The smallest absolute Gasteiger partial charge is 0.235 e. The van der Waals surface area contributed by atoms with Crippen LogP contribution in [0.2, 0.25) is 0 Å². The summed E-state index contributed by atoms with van der Waals surface area (Å²) in [7, 11) is 1.57. The molecular formula is C7H9ClN2O. The molecule has 4 heteroatoms. The highest BCUT2D eigenvalue weighted by Crippen LogP contribution is 2.11. The molecule has 1 aromatic heterocycles. The van der Waals surface area contributed by atoms with Crippen LogP contribution in [-0.4, -0.2) is 17.1 Å². The largest absolute Gasteiger partial charge is 0.480 e. The molecule has 0 aromatic carbocycles. The number of alkyl halides is 1. The Labute approximate surface area is 70.4 Å². The zero-order chi connectivity index (χ0) is 8.27. The fourth-order valence-electron chi connectivity index (χ4n) is 0.783. The van der Waals surface area contributed by atoms with Crippen molar-refractivity contribution in [3.8, 4) is 5.88 Å². The van der Waals surface area contributed by atoms with Gasteiger partial charge in [0.25, 0.3) is 0 Å². The first-order chi connectivity index (χ1) is 5.27. The number of aryl methyl sites for hydroxylation is 1. The van der Waals surface area contributed by atoms with Crippen molar-refractivity contribution in [2.24, 2.45) is 0 Å². The highest BCUT2D eigenvalue weighted by Gasteiger charge is 2.01. The molecule has 0 aliphatic heterocycles. The second-order valence-electron chi connectivity index (χ2n) is 2.09. The quantitative estimate of drug-likeness (QED) is 0.635. The van der Waals surface area contributed by atoms with E-state index in [0.29, 0.717) is 11.8 Å². The van der Waals surface area contributed by atoms with Crippen molar-refractivity contribution in [3.63, 3.8) is 0 Å². The SMILES string of the molecule is COc1ncc(CCl)nc1C. The van der Waals surface area contributed by atoms with Gasteiger partial charge in [0.2, 0.25) is 5.88 Å². The summed E-state index contributed by atoms with van der Waals surface area (Å²) in [5.74, 6) is 0.941. The van der Waals surface area contributed by atoms with Crippen LogP contribution in [-0.2, 0) is 5.88 Å². The number of nitrogens with zero attached hydrogens (tertiary/aromatic N) is 2. The lowest BCUT2D eigenvalue weighted by Crippen LogP contribution is -1.96. The van der Waals surface area contributed by atoms with Crippen LogP contribution >= 0.6 is 11.6 Å². The van der Waals surface area contributed by atoms with Crippen LogP contribution < -0.4 is 4.74 Å². The van der Waals surface area contributed by atoms with Crippen molar-refractivity contribution in [3.05, 3.63) is 17.6 Å². The third-order valence-electron chi connectivity index (χ3n) is 1.28. The maximum Gasteiger partial charge on any atom is 0.235 e. The second kappa shape index (κ2) is 3.53. The van der Waals surface area contributed by atoms with Crippen molar-refractivity contribution in [1.82, 2.24) is 9.97 Å². The van der Waals surface area contributed by atoms with Crippen molar-refractivity contribution in [1.29, 1.82) is 0 Å². The van der Waals surface area contributed by atoms with Crippen LogP contribution in [0.3, 0.4) is 0 Å². The maximum absolute atomic E-state index is 5.55. The fraction of sp³-hybridized carbons (Fsp3) is 0.429. The second-order valence-corrected chi connectivity index (χ2v) is 2.36. The molecule has 3 nitrogen and oxygen atoms in total. The lowest BCUT2D eigenvalue weighted by Gasteiger charge is -2.02. The van der Waals surface area contributed by atoms with Crippen LogP contribution in [0, 0.1) is 6.92 Å². The standard InChI is InChI=1S/C7H9ClN2O/c1-5-7(11-2)9-4-6(3-8)10-5/h4H,3H2,1-2H3. The molecule has 0 spiro atoms. The van der Waals surface area contributed by atoms with Crippen LogP contribution in [0.25, 0.3) is 0 Å². The van der Waals surface area contributed by atoms with Crippen LogP contribution in [0.4, 0.5) is 0 Å². The highest BCUT2D eigenvalue weighted by atomic mass is 35.5. The lowest BCUT2D eigenvalue weighted by atomic mass is 10.4. The van der Waals surface area contributed by atoms with Gasteiger partial charge < -0.3 is 4.74 Å². The average molecular weight is 173 g/mol. The van der Waals surface area contributed by atoms with Crippen LogP contribution in [0.5, 0.6) is 5.88 Å². The Morgan fingerprint density at radius 3 is 2.82 bits per heavy atom. The molecule has 0 N–H and O–H groups in total. The minimum atomic E-state index is 0.387. The van der Waals surface area contributed by atoms with Gasteiger partial charge in [-0.2, -0.15) is 0 Å². The number of ether oxygens (including phenoxy) is 1. The topological polar surface area (TPSA) is 35.0 Å². The van der Waals surface area contributed by atoms with Crippen molar-refractivity contribution < 1.29 is 4.74 Å². The van der Waals surface area contributed by atoms with Gasteiger partial charge in [-0.25, -0.2) is 9.97 Å². The summed E-state index contributed by atoms with van der Waals surface area (Å²) < 4.78 is 4.93. The number of halogens is 1. The van der Waals surface area contributed by atoms with E-state index in [4.69, 9.17) is 16.3 Å². The van der Waals surface area contributed by atoms with Gasteiger partial charge >= 0.3 is 0 Å². The Kier molecular flexibility index (Phi) is 2.65. The highest BCUT2D eigenvalue weighted by molar-refractivity contribution is 6.16. The van der Waals surface area contributed by atoms with E-state index in [0.717, 1.165) is 11.4 Å². The summed E-state index contributed by atoms with van der Waals surface area (Å²) in [6.07, 6.45) is 1.61. The van der Waals surface area contributed by atoms with Gasteiger partial charge in [-0.1, -0.05) is 0 Å². The molecule has 0 bridgehead atoms. The van der Waals surface area contributed by atoms with Gasteiger partial charge in [-0.15, -0.1) is 11.6 Å². The first-order valence-corrected chi connectivity index (χ1v) is 3.74. The number of rotatable bonds is 2. The zero-order valence-corrected chi connectivity index (χ0v) is 7.22. The number of methoxy groups -OCH3 is 1. The molecule has 0 atom stereocenters. The first-order valence-electron chi connectivity index (χ1n) is 3.20. The van der Waals surface area contributed by atoms with E-state index in [9.17, 15) is 0 Å². The van der Waals surface area contributed by atoms with E-state index in [1.165, 1.54) is 0 Å². The third kappa shape index (κ3) is 1.80. The summed E-state index contributed by atoms with van der Waals surface area (Å²) in [6, 6.07) is 0. The first kappa shape index (κ1) is 8.27. The molecule has 0 fully saturated rings. The average Bonchev–Trinajstić information content (AvgIpc) is 2.04. The molecule has 1 rings (SSSR count). The number of aromatic nitrogens is 2. The Morgan fingerprint density at radius 2 is 2.36 bits per heavy atom. The molecule has 0 unspecified atom stereocenters. The Balaban J connectivity index is 2.99. The Morgan fingerprint density at radius 1 is 1.64 bits per heavy atom. The van der Waals surface area contributed by atoms with Crippen LogP contribution in [0.15, 0.2) is 6.20 Å². The summed E-state index contributed by atoms with van der Waals surface area (Å²) in [5.41, 5.74) is 1.54. The molecule has 0 saturated carbocycles. The van der Waals surface area contributed by atoms with Crippen LogP contribution in [0.1, 0.15) is 11.4 Å². The van der Waals surface area contributed by atoms with Gasteiger partial charge in [0.15, 0.2) is 0 Å². The maximum atomic E-state index is 5.55. The molecule has 0 radical (unpaired) electrons. The lowest BCUT2D eigenvalue weighted by molar-refractivity contribution is 0.391. The van der Waals surface area contributed by atoms with E-state index in [-0.39, 0.29) is 0 Å². The van der Waals surface area contributed by atoms with Gasteiger partial charge in [-0.05, 0) is 6.92 Å². The summed E-state index contributed by atoms with van der Waals surface area (Å²) in [5, 5.41) is 0. The summed E-state index contributed by atoms with van der Waals surface area (Å²) >= 11 is 5.55. The van der Waals surface area contributed by atoms with Crippen molar-refractivity contribution in [2.75, 3.05) is 7.11 Å².